The zero-order valence-electron chi connectivity index (χ0n) is 13.1. The predicted molar refractivity (Wildman–Crippen MR) is 85.5 cm³/mol. The summed E-state index contributed by atoms with van der Waals surface area (Å²) in [6, 6.07) is 8.55. The molecule has 1 fully saturated rings. The molecule has 0 spiro atoms. The van der Waals surface area contributed by atoms with Crippen LogP contribution in [0.25, 0.3) is 0 Å². The molecule has 0 aromatic heterocycles. The molecular weight excluding hydrogens is 278 g/mol. The third kappa shape index (κ3) is 5.17. The van der Waals surface area contributed by atoms with Gasteiger partial charge in [0.15, 0.2) is 0 Å². The smallest absolute Gasteiger partial charge is 0.326 e. The maximum absolute atomic E-state index is 12.1. The first-order valence-electron chi connectivity index (χ1n) is 8.10. The highest BCUT2D eigenvalue weighted by Crippen LogP contribution is 2.30. The SMILES string of the molecule is CC1CCCC(CC(=O)N[C@@H](Cc2ccccc2)C(=O)O)C1. The molecule has 0 radical (unpaired) electrons. The fraction of sp³-hybridized carbons (Fsp3) is 0.556. The van der Waals surface area contributed by atoms with Crippen molar-refractivity contribution in [2.45, 2.75) is 51.5 Å². The number of hydrogen-bond donors (Lipinski definition) is 2. The Kier molecular flexibility index (Phi) is 5.99. The van der Waals surface area contributed by atoms with Gasteiger partial charge in [0.2, 0.25) is 5.91 Å². The summed E-state index contributed by atoms with van der Waals surface area (Å²) in [6.07, 6.45) is 5.33. The van der Waals surface area contributed by atoms with Crippen LogP contribution in [0.2, 0.25) is 0 Å². The van der Waals surface area contributed by atoms with E-state index in [-0.39, 0.29) is 5.91 Å². The molecule has 4 heteroatoms. The van der Waals surface area contributed by atoms with Crippen molar-refractivity contribution in [1.29, 1.82) is 0 Å². The summed E-state index contributed by atoms with van der Waals surface area (Å²) in [5.41, 5.74) is 0.918. The maximum atomic E-state index is 12.1. The molecule has 2 N–H and O–H groups in total. The highest BCUT2D eigenvalue weighted by Gasteiger charge is 2.24. The molecule has 0 bridgehead atoms. The molecule has 4 nitrogen and oxygen atoms in total. The number of hydrogen-bond acceptors (Lipinski definition) is 2. The van der Waals surface area contributed by atoms with Crippen LogP contribution in [0.3, 0.4) is 0 Å². The molecule has 1 amide bonds. The van der Waals surface area contributed by atoms with Gasteiger partial charge in [-0.25, -0.2) is 4.79 Å². The van der Waals surface area contributed by atoms with Crippen molar-refractivity contribution in [3.63, 3.8) is 0 Å². The Balaban J connectivity index is 1.87. The van der Waals surface area contributed by atoms with E-state index in [1.165, 1.54) is 12.8 Å². The normalized spacial score (nSPS) is 22.8. The molecule has 2 unspecified atom stereocenters. The van der Waals surface area contributed by atoms with Crippen molar-refractivity contribution in [1.82, 2.24) is 5.32 Å². The Labute approximate surface area is 131 Å². The summed E-state index contributed by atoms with van der Waals surface area (Å²) in [4.78, 5) is 23.5. The second-order valence-corrected chi connectivity index (χ2v) is 6.49. The number of carboxylic acids is 1. The summed E-state index contributed by atoms with van der Waals surface area (Å²) in [6.45, 7) is 2.22. The van der Waals surface area contributed by atoms with Gasteiger partial charge in [0.25, 0.3) is 0 Å². The highest BCUT2D eigenvalue weighted by molar-refractivity contribution is 5.83. The Morgan fingerprint density at radius 3 is 2.64 bits per heavy atom. The third-order valence-corrected chi connectivity index (χ3v) is 4.44. The number of carbonyl (C=O) groups is 2. The number of rotatable bonds is 6. The number of amides is 1. The Bertz CT molecular complexity index is 500. The van der Waals surface area contributed by atoms with E-state index in [1.807, 2.05) is 30.3 Å². The highest BCUT2D eigenvalue weighted by atomic mass is 16.4. The number of carboxylic acid groups (broad SMARTS) is 1. The van der Waals surface area contributed by atoms with Crippen LogP contribution in [0.1, 0.15) is 44.6 Å². The van der Waals surface area contributed by atoms with Gasteiger partial charge in [-0.3, -0.25) is 4.79 Å². The van der Waals surface area contributed by atoms with Gasteiger partial charge in [0, 0.05) is 12.8 Å². The van der Waals surface area contributed by atoms with Crippen LogP contribution in [0.4, 0.5) is 0 Å². The van der Waals surface area contributed by atoms with Crippen molar-refractivity contribution in [2.75, 3.05) is 0 Å². The van der Waals surface area contributed by atoms with Gasteiger partial charge in [-0.2, -0.15) is 0 Å². The summed E-state index contributed by atoms with van der Waals surface area (Å²) in [7, 11) is 0. The number of nitrogens with one attached hydrogen (secondary N) is 1. The second-order valence-electron chi connectivity index (χ2n) is 6.49. The van der Waals surface area contributed by atoms with E-state index in [2.05, 4.69) is 12.2 Å². The zero-order valence-corrected chi connectivity index (χ0v) is 13.1. The van der Waals surface area contributed by atoms with Crippen LogP contribution >= 0.6 is 0 Å². The third-order valence-electron chi connectivity index (χ3n) is 4.44. The molecule has 0 heterocycles. The quantitative estimate of drug-likeness (QED) is 0.849. The molecule has 120 valence electrons. The molecule has 1 aromatic rings. The second kappa shape index (κ2) is 7.97. The summed E-state index contributed by atoms with van der Waals surface area (Å²) in [5.74, 6) is -0.0438. The summed E-state index contributed by atoms with van der Waals surface area (Å²) in [5, 5.41) is 12.0. The molecule has 3 atom stereocenters. The molecule has 2 rings (SSSR count). The van der Waals surface area contributed by atoms with E-state index in [0.29, 0.717) is 24.7 Å². The summed E-state index contributed by atoms with van der Waals surface area (Å²) >= 11 is 0. The predicted octanol–water partition coefficient (Wildman–Crippen LogP) is 3.01. The van der Waals surface area contributed by atoms with Gasteiger partial charge in [-0.1, -0.05) is 50.1 Å². The Morgan fingerprint density at radius 2 is 2.00 bits per heavy atom. The van der Waals surface area contributed by atoms with Crippen LogP contribution in [0, 0.1) is 11.8 Å². The minimum absolute atomic E-state index is 0.137. The van der Waals surface area contributed by atoms with Crippen LogP contribution in [-0.4, -0.2) is 23.0 Å². The lowest BCUT2D eigenvalue weighted by atomic mass is 9.80. The first-order valence-corrected chi connectivity index (χ1v) is 8.10. The number of aliphatic carboxylic acids is 1. The first kappa shape index (κ1) is 16.5. The molecule has 1 aliphatic carbocycles. The lowest BCUT2D eigenvalue weighted by Crippen LogP contribution is -2.43. The van der Waals surface area contributed by atoms with E-state index in [4.69, 9.17) is 0 Å². The Hall–Kier alpha value is -1.84. The van der Waals surface area contributed by atoms with Gasteiger partial charge in [-0.15, -0.1) is 0 Å². The minimum atomic E-state index is -0.978. The number of benzene rings is 1. The first-order chi connectivity index (χ1) is 10.5. The average molecular weight is 303 g/mol. The van der Waals surface area contributed by atoms with Crippen molar-refractivity contribution in [2.24, 2.45) is 11.8 Å². The topological polar surface area (TPSA) is 66.4 Å². The van der Waals surface area contributed by atoms with E-state index in [9.17, 15) is 14.7 Å². The average Bonchev–Trinajstić information content (AvgIpc) is 2.47. The lowest BCUT2D eigenvalue weighted by molar-refractivity contribution is -0.142. The van der Waals surface area contributed by atoms with E-state index in [1.54, 1.807) is 0 Å². The van der Waals surface area contributed by atoms with Crippen LogP contribution in [0.15, 0.2) is 30.3 Å². The van der Waals surface area contributed by atoms with Gasteiger partial charge in [0.1, 0.15) is 6.04 Å². The van der Waals surface area contributed by atoms with Gasteiger partial charge in [-0.05, 0) is 30.2 Å². The molecule has 1 saturated carbocycles. The standard InChI is InChI=1S/C18H25NO3/c1-13-6-5-9-15(10-13)12-17(20)19-16(18(21)22)11-14-7-3-2-4-8-14/h2-4,7-8,13,15-16H,5-6,9-12H2,1H3,(H,19,20)(H,21,22)/t13?,15?,16-/m0/s1. The fourth-order valence-corrected chi connectivity index (χ4v) is 3.31. The van der Waals surface area contributed by atoms with Crippen molar-refractivity contribution in [3.8, 4) is 0 Å². The van der Waals surface area contributed by atoms with Crippen LogP contribution in [-0.2, 0) is 16.0 Å². The van der Waals surface area contributed by atoms with E-state index < -0.39 is 12.0 Å². The molecule has 1 aromatic carbocycles. The minimum Gasteiger partial charge on any atom is -0.480 e. The molecule has 22 heavy (non-hydrogen) atoms. The molecular formula is C18H25NO3. The van der Waals surface area contributed by atoms with Gasteiger partial charge < -0.3 is 10.4 Å². The van der Waals surface area contributed by atoms with Crippen LogP contribution < -0.4 is 5.32 Å². The number of carbonyl (C=O) groups excluding carboxylic acids is 1. The zero-order chi connectivity index (χ0) is 15.9. The Morgan fingerprint density at radius 1 is 1.27 bits per heavy atom. The van der Waals surface area contributed by atoms with E-state index in [0.717, 1.165) is 18.4 Å². The lowest BCUT2D eigenvalue weighted by Gasteiger charge is -2.26. The molecule has 0 saturated heterocycles. The van der Waals surface area contributed by atoms with Crippen LogP contribution in [0.5, 0.6) is 0 Å². The van der Waals surface area contributed by atoms with Crippen molar-refractivity contribution in [3.05, 3.63) is 35.9 Å². The van der Waals surface area contributed by atoms with Gasteiger partial charge >= 0.3 is 5.97 Å². The fourth-order valence-electron chi connectivity index (χ4n) is 3.31. The molecule has 0 aliphatic heterocycles. The van der Waals surface area contributed by atoms with Crippen molar-refractivity contribution < 1.29 is 14.7 Å². The van der Waals surface area contributed by atoms with E-state index >= 15 is 0 Å². The molecule has 1 aliphatic rings. The van der Waals surface area contributed by atoms with Gasteiger partial charge in [0.05, 0.1) is 0 Å². The monoisotopic (exact) mass is 303 g/mol. The summed E-state index contributed by atoms with van der Waals surface area (Å²) < 4.78 is 0. The largest absolute Gasteiger partial charge is 0.480 e. The van der Waals surface area contributed by atoms with Crippen molar-refractivity contribution >= 4 is 11.9 Å². The maximum Gasteiger partial charge on any atom is 0.326 e.